The fourth-order valence-corrected chi connectivity index (χ4v) is 2.01. The maximum Gasteiger partial charge on any atom is 0.337 e. The van der Waals surface area contributed by atoms with Crippen molar-refractivity contribution in [1.29, 1.82) is 0 Å². The molecular formula is C15H15N3O3. The summed E-state index contributed by atoms with van der Waals surface area (Å²) < 4.78 is 0. The number of carbonyl (C=O) groups is 2. The molecule has 0 atom stereocenters. The largest absolute Gasteiger partial charge is 0.478 e. The number of rotatable bonds is 3. The first kappa shape index (κ1) is 14.5. The number of aryl methyl sites for hydroxylation is 2. The van der Waals surface area contributed by atoms with Crippen molar-refractivity contribution in [2.24, 2.45) is 0 Å². The predicted octanol–water partition coefficient (Wildman–Crippen LogP) is 3.04. The number of aromatic nitrogens is 1. The van der Waals surface area contributed by atoms with Crippen molar-refractivity contribution in [2.75, 3.05) is 10.6 Å². The summed E-state index contributed by atoms with van der Waals surface area (Å²) in [4.78, 5) is 27.1. The number of aromatic carboxylic acids is 1. The van der Waals surface area contributed by atoms with Crippen LogP contribution in [0.5, 0.6) is 0 Å². The first-order chi connectivity index (χ1) is 9.97. The fraction of sp³-hybridized carbons (Fsp3) is 0.133. The van der Waals surface area contributed by atoms with E-state index in [0.29, 0.717) is 11.3 Å². The van der Waals surface area contributed by atoms with Gasteiger partial charge < -0.3 is 15.7 Å². The van der Waals surface area contributed by atoms with Crippen molar-refractivity contribution in [2.45, 2.75) is 13.8 Å². The van der Waals surface area contributed by atoms with Gasteiger partial charge >= 0.3 is 12.0 Å². The second kappa shape index (κ2) is 6.04. The predicted molar refractivity (Wildman–Crippen MR) is 79.8 cm³/mol. The Bertz CT molecular complexity index is 684. The van der Waals surface area contributed by atoms with Crippen molar-refractivity contribution in [3.8, 4) is 0 Å². The van der Waals surface area contributed by atoms with Crippen molar-refractivity contribution in [3.63, 3.8) is 0 Å². The van der Waals surface area contributed by atoms with Gasteiger partial charge in [0.2, 0.25) is 0 Å². The van der Waals surface area contributed by atoms with Gasteiger partial charge in [0, 0.05) is 6.20 Å². The highest BCUT2D eigenvalue weighted by molar-refractivity contribution is 6.05. The van der Waals surface area contributed by atoms with Crippen LogP contribution in [0, 0.1) is 13.8 Å². The molecule has 2 aromatic rings. The molecule has 6 heteroatoms. The minimum Gasteiger partial charge on any atom is -0.478 e. The lowest BCUT2D eigenvalue weighted by Gasteiger charge is -2.13. The zero-order chi connectivity index (χ0) is 15.4. The van der Waals surface area contributed by atoms with E-state index in [0.717, 1.165) is 5.56 Å². The van der Waals surface area contributed by atoms with Gasteiger partial charge in [0.25, 0.3) is 0 Å². The van der Waals surface area contributed by atoms with Crippen LogP contribution in [0.25, 0.3) is 0 Å². The van der Waals surface area contributed by atoms with E-state index in [1.807, 2.05) is 6.07 Å². The van der Waals surface area contributed by atoms with Crippen LogP contribution < -0.4 is 10.6 Å². The van der Waals surface area contributed by atoms with E-state index in [1.54, 1.807) is 32.2 Å². The molecule has 0 radical (unpaired) electrons. The Morgan fingerprint density at radius 3 is 2.57 bits per heavy atom. The Morgan fingerprint density at radius 1 is 1.19 bits per heavy atom. The topological polar surface area (TPSA) is 91.3 Å². The van der Waals surface area contributed by atoms with Crippen LogP contribution in [0.15, 0.2) is 36.7 Å². The molecule has 1 aromatic carbocycles. The molecule has 0 unspecified atom stereocenters. The third-order valence-electron chi connectivity index (χ3n) is 2.87. The van der Waals surface area contributed by atoms with Gasteiger partial charge in [-0.25, -0.2) is 9.59 Å². The molecule has 0 saturated carbocycles. The third kappa shape index (κ3) is 3.56. The molecule has 3 N–H and O–H groups in total. The summed E-state index contributed by atoms with van der Waals surface area (Å²) in [5.41, 5.74) is 2.39. The lowest BCUT2D eigenvalue weighted by molar-refractivity contribution is 0.0698. The number of amides is 2. The lowest BCUT2D eigenvalue weighted by Crippen LogP contribution is -2.22. The molecule has 0 aliphatic heterocycles. The van der Waals surface area contributed by atoms with Crippen LogP contribution >= 0.6 is 0 Å². The number of anilines is 2. The van der Waals surface area contributed by atoms with E-state index in [1.165, 1.54) is 12.3 Å². The van der Waals surface area contributed by atoms with Crippen LogP contribution in [0.4, 0.5) is 16.2 Å². The van der Waals surface area contributed by atoms with Crippen LogP contribution in [0.1, 0.15) is 21.5 Å². The molecule has 0 aliphatic rings. The molecule has 0 saturated heterocycles. The van der Waals surface area contributed by atoms with Crippen molar-refractivity contribution in [1.82, 2.24) is 4.98 Å². The van der Waals surface area contributed by atoms with Crippen LogP contribution in [-0.4, -0.2) is 22.1 Å². The minimum atomic E-state index is -1.08. The number of pyridine rings is 1. The molecule has 108 valence electrons. The monoisotopic (exact) mass is 285 g/mol. The molecule has 0 bridgehead atoms. The maximum atomic E-state index is 12.0. The van der Waals surface area contributed by atoms with E-state index >= 15 is 0 Å². The van der Waals surface area contributed by atoms with Crippen molar-refractivity contribution >= 4 is 23.4 Å². The normalized spacial score (nSPS) is 10.0. The molecule has 0 aliphatic carbocycles. The first-order valence-electron chi connectivity index (χ1n) is 6.30. The Balaban J connectivity index is 2.23. The van der Waals surface area contributed by atoms with E-state index in [9.17, 15) is 14.7 Å². The molecule has 0 fully saturated rings. The van der Waals surface area contributed by atoms with Gasteiger partial charge in [-0.05, 0) is 43.2 Å². The second-order valence-electron chi connectivity index (χ2n) is 4.63. The summed E-state index contributed by atoms with van der Waals surface area (Å²) in [5, 5.41) is 14.4. The Labute approximate surface area is 121 Å². The third-order valence-corrected chi connectivity index (χ3v) is 2.87. The molecular weight excluding hydrogens is 270 g/mol. The van der Waals surface area contributed by atoms with Crippen LogP contribution in [0.2, 0.25) is 0 Å². The zero-order valence-electron chi connectivity index (χ0n) is 11.7. The molecule has 1 aromatic heterocycles. The first-order valence-corrected chi connectivity index (χ1v) is 6.30. The summed E-state index contributed by atoms with van der Waals surface area (Å²) in [6.45, 7) is 3.55. The van der Waals surface area contributed by atoms with E-state index in [2.05, 4.69) is 15.6 Å². The molecule has 2 rings (SSSR count). The SMILES string of the molecule is Cc1cc(C)c(NC(=O)Nc2cccnc2)c(C(=O)O)c1. The quantitative estimate of drug-likeness (QED) is 0.808. The molecule has 6 nitrogen and oxygen atoms in total. The Kier molecular flexibility index (Phi) is 4.18. The van der Waals surface area contributed by atoms with E-state index < -0.39 is 12.0 Å². The Morgan fingerprint density at radius 2 is 1.95 bits per heavy atom. The van der Waals surface area contributed by atoms with Gasteiger partial charge in [0.1, 0.15) is 0 Å². The summed E-state index contributed by atoms with van der Waals surface area (Å²) >= 11 is 0. The number of benzene rings is 1. The summed E-state index contributed by atoms with van der Waals surface area (Å²) in [6, 6.07) is 6.20. The highest BCUT2D eigenvalue weighted by Gasteiger charge is 2.15. The number of urea groups is 1. The van der Waals surface area contributed by atoms with Gasteiger partial charge in [-0.3, -0.25) is 4.98 Å². The standard InChI is InChI=1S/C15H15N3O3/c1-9-6-10(2)13(12(7-9)14(19)20)18-15(21)17-11-4-3-5-16-8-11/h3-8H,1-2H3,(H,19,20)(H2,17,18,21). The highest BCUT2D eigenvalue weighted by atomic mass is 16.4. The van der Waals surface area contributed by atoms with Crippen molar-refractivity contribution < 1.29 is 14.7 Å². The van der Waals surface area contributed by atoms with Crippen LogP contribution in [0.3, 0.4) is 0 Å². The highest BCUT2D eigenvalue weighted by Crippen LogP contribution is 2.23. The molecule has 0 spiro atoms. The average molecular weight is 285 g/mol. The summed E-state index contributed by atoms with van der Waals surface area (Å²) in [6.07, 6.45) is 3.09. The molecule has 2 amide bonds. The number of carboxylic acid groups (broad SMARTS) is 1. The maximum absolute atomic E-state index is 12.0. The number of nitrogens with zero attached hydrogens (tertiary/aromatic N) is 1. The van der Waals surface area contributed by atoms with Crippen molar-refractivity contribution in [3.05, 3.63) is 53.3 Å². The minimum absolute atomic E-state index is 0.0637. The number of hydrogen-bond donors (Lipinski definition) is 3. The van der Waals surface area contributed by atoms with Gasteiger partial charge in [0.15, 0.2) is 0 Å². The smallest absolute Gasteiger partial charge is 0.337 e. The zero-order valence-corrected chi connectivity index (χ0v) is 11.7. The lowest BCUT2D eigenvalue weighted by atomic mass is 10.0. The number of carbonyl (C=O) groups excluding carboxylic acids is 1. The van der Waals surface area contributed by atoms with Gasteiger partial charge in [0.05, 0.1) is 23.1 Å². The number of hydrogen-bond acceptors (Lipinski definition) is 3. The van der Waals surface area contributed by atoms with Gasteiger partial charge in [-0.2, -0.15) is 0 Å². The summed E-state index contributed by atoms with van der Waals surface area (Å²) in [7, 11) is 0. The molecule has 21 heavy (non-hydrogen) atoms. The van der Waals surface area contributed by atoms with Gasteiger partial charge in [-0.1, -0.05) is 6.07 Å². The molecule has 1 heterocycles. The van der Waals surface area contributed by atoms with Crippen LogP contribution in [-0.2, 0) is 0 Å². The Hall–Kier alpha value is -2.89. The summed E-state index contributed by atoms with van der Waals surface area (Å²) in [5.74, 6) is -1.08. The van der Waals surface area contributed by atoms with E-state index in [4.69, 9.17) is 0 Å². The van der Waals surface area contributed by atoms with E-state index in [-0.39, 0.29) is 11.3 Å². The number of carboxylic acids is 1. The second-order valence-corrected chi connectivity index (χ2v) is 4.63. The average Bonchev–Trinajstić information content (AvgIpc) is 2.42. The van der Waals surface area contributed by atoms with Gasteiger partial charge in [-0.15, -0.1) is 0 Å². The number of nitrogens with one attached hydrogen (secondary N) is 2. The fourth-order valence-electron chi connectivity index (χ4n) is 2.01.